The van der Waals surface area contributed by atoms with Crippen LogP contribution in [0.1, 0.15) is 34.0 Å². The van der Waals surface area contributed by atoms with Crippen LogP contribution in [-0.4, -0.2) is 49.4 Å². The third-order valence-corrected chi connectivity index (χ3v) is 8.21. The highest BCUT2D eigenvalue weighted by molar-refractivity contribution is 8.04. The van der Waals surface area contributed by atoms with Crippen molar-refractivity contribution in [3.63, 3.8) is 0 Å². The Kier molecular flexibility index (Phi) is 7.25. The van der Waals surface area contributed by atoms with Crippen molar-refractivity contribution in [2.24, 2.45) is 0 Å². The summed E-state index contributed by atoms with van der Waals surface area (Å²) in [6.07, 6.45) is 1.94. The van der Waals surface area contributed by atoms with E-state index in [1.54, 1.807) is 4.90 Å². The molecule has 1 N–H and O–H groups in total. The number of aryl methyl sites for hydroxylation is 1. The second-order valence-electron chi connectivity index (χ2n) is 9.41. The lowest BCUT2D eigenvalue weighted by Gasteiger charge is -2.31. The highest BCUT2D eigenvalue weighted by Crippen LogP contribution is 2.42. The molecule has 0 spiro atoms. The molecule has 0 bridgehead atoms. The van der Waals surface area contributed by atoms with Crippen molar-refractivity contribution >= 4 is 35.3 Å². The van der Waals surface area contributed by atoms with Crippen LogP contribution < -0.4 is 9.80 Å². The van der Waals surface area contributed by atoms with Gasteiger partial charge in [-0.1, -0.05) is 60.3 Å². The molecule has 0 aliphatic carbocycles. The van der Waals surface area contributed by atoms with Gasteiger partial charge in [0.15, 0.2) is 0 Å². The SMILES string of the molecule is CC[NH+]1CCN(C(=O)c2ccc(C=C3Sc4ccccc4N(Cc4ccccc4C)C3=O)cc2)CC1. The fraction of sp³-hybridized carbons (Fsp3) is 0.267. The van der Waals surface area contributed by atoms with Crippen molar-refractivity contribution in [1.82, 2.24) is 4.90 Å². The predicted octanol–water partition coefficient (Wildman–Crippen LogP) is 4.04. The Morgan fingerprint density at radius 1 is 0.972 bits per heavy atom. The summed E-state index contributed by atoms with van der Waals surface area (Å²) in [5, 5.41) is 0. The number of piperazine rings is 1. The standard InChI is InChI=1S/C30H31N3O2S/c1-3-31-16-18-32(19-17-31)29(34)24-14-12-23(13-15-24)20-28-30(35)33(21-25-9-5-4-8-22(25)2)26-10-6-7-11-27(26)36-28/h4-15,20H,3,16-19,21H2,1-2H3/p+1. The number of nitrogens with zero attached hydrogens (tertiary/aromatic N) is 2. The second kappa shape index (κ2) is 10.7. The third kappa shape index (κ3) is 5.11. The van der Waals surface area contributed by atoms with Gasteiger partial charge in [0.2, 0.25) is 0 Å². The number of carbonyl (C=O) groups is 2. The molecule has 0 radical (unpaired) electrons. The summed E-state index contributed by atoms with van der Waals surface area (Å²) in [7, 11) is 0. The molecule has 184 valence electrons. The molecule has 1 fully saturated rings. The molecule has 1 saturated heterocycles. The van der Waals surface area contributed by atoms with E-state index in [4.69, 9.17) is 0 Å². The summed E-state index contributed by atoms with van der Waals surface area (Å²) in [4.78, 5) is 33.7. The van der Waals surface area contributed by atoms with Gasteiger partial charge in [-0.25, -0.2) is 0 Å². The van der Waals surface area contributed by atoms with E-state index >= 15 is 0 Å². The number of nitrogens with one attached hydrogen (secondary N) is 1. The zero-order chi connectivity index (χ0) is 25.1. The summed E-state index contributed by atoms with van der Waals surface area (Å²) in [5.41, 5.74) is 4.86. The first-order valence-electron chi connectivity index (χ1n) is 12.6. The first-order valence-corrected chi connectivity index (χ1v) is 13.4. The summed E-state index contributed by atoms with van der Waals surface area (Å²) < 4.78 is 0. The van der Waals surface area contributed by atoms with E-state index in [1.807, 2.05) is 70.5 Å². The molecule has 0 unspecified atom stereocenters. The zero-order valence-corrected chi connectivity index (χ0v) is 21.7. The van der Waals surface area contributed by atoms with Gasteiger partial charge in [-0.3, -0.25) is 9.59 Å². The minimum Gasteiger partial charge on any atom is -0.332 e. The van der Waals surface area contributed by atoms with Gasteiger partial charge < -0.3 is 14.7 Å². The lowest BCUT2D eigenvalue weighted by atomic mass is 10.1. The Morgan fingerprint density at radius 3 is 2.39 bits per heavy atom. The fourth-order valence-corrected chi connectivity index (χ4v) is 5.87. The number of carbonyl (C=O) groups excluding carboxylic acids is 2. The minimum absolute atomic E-state index is 0.00148. The first kappa shape index (κ1) is 24.3. The number of amides is 2. The summed E-state index contributed by atoms with van der Waals surface area (Å²) in [5.74, 6) is 0.0872. The Labute approximate surface area is 217 Å². The smallest absolute Gasteiger partial charge is 0.265 e. The Hall–Kier alpha value is -3.35. The van der Waals surface area contributed by atoms with Crippen LogP contribution in [0, 0.1) is 6.92 Å². The summed E-state index contributed by atoms with van der Waals surface area (Å²) in [6.45, 7) is 9.52. The van der Waals surface area contributed by atoms with Gasteiger partial charge in [0.25, 0.3) is 11.8 Å². The molecular weight excluding hydrogens is 466 g/mol. The van der Waals surface area contributed by atoms with Gasteiger partial charge in [0.05, 0.1) is 49.9 Å². The molecule has 5 nitrogen and oxygen atoms in total. The van der Waals surface area contributed by atoms with E-state index in [0.29, 0.717) is 17.0 Å². The van der Waals surface area contributed by atoms with Crippen LogP contribution in [-0.2, 0) is 11.3 Å². The second-order valence-corrected chi connectivity index (χ2v) is 10.5. The number of hydrogen-bond acceptors (Lipinski definition) is 3. The lowest BCUT2D eigenvalue weighted by Crippen LogP contribution is -3.14. The number of fused-ring (bicyclic) bond motifs is 1. The van der Waals surface area contributed by atoms with E-state index in [0.717, 1.165) is 54.4 Å². The Morgan fingerprint density at radius 2 is 1.67 bits per heavy atom. The lowest BCUT2D eigenvalue weighted by molar-refractivity contribution is -0.902. The minimum atomic E-state index is -0.00148. The van der Waals surface area contributed by atoms with Gasteiger partial charge in [-0.05, 0) is 60.9 Å². The average Bonchev–Trinajstić information content (AvgIpc) is 2.92. The fourth-order valence-electron chi connectivity index (χ4n) is 4.81. The summed E-state index contributed by atoms with van der Waals surface area (Å²) in [6, 6.07) is 23.9. The van der Waals surface area contributed by atoms with Crippen molar-refractivity contribution in [3.05, 3.63) is 100.0 Å². The van der Waals surface area contributed by atoms with E-state index in [2.05, 4.69) is 32.0 Å². The topological polar surface area (TPSA) is 45.1 Å². The van der Waals surface area contributed by atoms with Crippen molar-refractivity contribution in [3.8, 4) is 0 Å². The molecule has 0 atom stereocenters. The molecule has 2 heterocycles. The predicted molar refractivity (Wildman–Crippen MR) is 146 cm³/mol. The van der Waals surface area contributed by atoms with Crippen LogP contribution >= 0.6 is 11.8 Å². The van der Waals surface area contributed by atoms with E-state index in [-0.39, 0.29) is 11.8 Å². The van der Waals surface area contributed by atoms with Crippen LogP contribution in [0.2, 0.25) is 0 Å². The summed E-state index contributed by atoms with van der Waals surface area (Å²) >= 11 is 1.51. The molecule has 3 aromatic rings. The number of hydrogen-bond donors (Lipinski definition) is 1. The van der Waals surface area contributed by atoms with Gasteiger partial charge in [0.1, 0.15) is 0 Å². The number of benzene rings is 3. The number of thioether (sulfide) groups is 1. The van der Waals surface area contributed by atoms with E-state index < -0.39 is 0 Å². The normalized spacial score (nSPS) is 17.4. The maximum atomic E-state index is 13.6. The number of rotatable bonds is 5. The van der Waals surface area contributed by atoms with Crippen molar-refractivity contribution < 1.29 is 14.5 Å². The monoisotopic (exact) mass is 498 g/mol. The molecule has 2 amide bonds. The molecular formula is C30H32N3O2S+. The molecule has 36 heavy (non-hydrogen) atoms. The van der Waals surface area contributed by atoms with Crippen molar-refractivity contribution in [2.45, 2.75) is 25.3 Å². The van der Waals surface area contributed by atoms with Crippen LogP contribution in [0.5, 0.6) is 0 Å². The number of likely N-dealkylation sites (N-methyl/N-ethyl adjacent to an activating group) is 1. The van der Waals surface area contributed by atoms with Crippen LogP contribution in [0.3, 0.4) is 0 Å². The maximum absolute atomic E-state index is 13.6. The molecule has 0 aromatic heterocycles. The van der Waals surface area contributed by atoms with Crippen LogP contribution in [0.15, 0.2) is 82.6 Å². The Bertz CT molecular complexity index is 1290. The number of quaternary nitrogens is 1. The molecule has 2 aliphatic heterocycles. The van der Waals surface area contributed by atoms with Gasteiger partial charge in [0, 0.05) is 10.5 Å². The maximum Gasteiger partial charge on any atom is 0.265 e. The largest absolute Gasteiger partial charge is 0.332 e. The number of para-hydroxylation sites is 1. The third-order valence-electron chi connectivity index (χ3n) is 7.13. The molecule has 6 heteroatoms. The Balaban J connectivity index is 1.36. The molecule has 2 aliphatic rings. The van der Waals surface area contributed by atoms with Crippen molar-refractivity contribution in [2.75, 3.05) is 37.6 Å². The number of anilines is 1. The van der Waals surface area contributed by atoms with Gasteiger partial charge in [-0.15, -0.1) is 0 Å². The van der Waals surface area contributed by atoms with Crippen LogP contribution in [0.4, 0.5) is 5.69 Å². The average molecular weight is 499 g/mol. The van der Waals surface area contributed by atoms with E-state index in [1.165, 1.54) is 17.3 Å². The van der Waals surface area contributed by atoms with Crippen LogP contribution in [0.25, 0.3) is 6.08 Å². The highest BCUT2D eigenvalue weighted by Gasteiger charge is 2.29. The van der Waals surface area contributed by atoms with Gasteiger partial charge >= 0.3 is 0 Å². The zero-order valence-electron chi connectivity index (χ0n) is 20.9. The quantitative estimate of drug-likeness (QED) is 0.540. The highest BCUT2D eigenvalue weighted by atomic mass is 32.2. The molecule has 5 rings (SSSR count). The first-order chi connectivity index (χ1) is 17.5. The molecule has 0 saturated carbocycles. The van der Waals surface area contributed by atoms with Gasteiger partial charge in [-0.2, -0.15) is 0 Å². The molecule has 3 aromatic carbocycles. The van der Waals surface area contributed by atoms with E-state index in [9.17, 15) is 9.59 Å². The van der Waals surface area contributed by atoms with Crippen molar-refractivity contribution in [1.29, 1.82) is 0 Å².